The van der Waals surface area contributed by atoms with Gasteiger partial charge in [-0.15, -0.1) is 0 Å². The fraction of sp³-hybridized carbons (Fsp3) is 0.385. The van der Waals surface area contributed by atoms with Gasteiger partial charge < -0.3 is 4.74 Å². The zero-order valence-corrected chi connectivity index (χ0v) is 11.3. The lowest BCUT2D eigenvalue weighted by atomic mass is 10.2. The van der Waals surface area contributed by atoms with E-state index in [4.69, 9.17) is 4.74 Å². The van der Waals surface area contributed by atoms with Crippen LogP contribution in [0.25, 0.3) is 10.9 Å². The van der Waals surface area contributed by atoms with Crippen molar-refractivity contribution in [3.8, 4) is 0 Å². The lowest BCUT2D eigenvalue weighted by Gasteiger charge is -2.19. The fourth-order valence-electron chi connectivity index (χ4n) is 1.68. The van der Waals surface area contributed by atoms with E-state index in [2.05, 4.69) is 10.4 Å². The van der Waals surface area contributed by atoms with Crippen LogP contribution in [-0.4, -0.2) is 21.5 Å². The van der Waals surface area contributed by atoms with Crippen molar-refractivity contribution in [3.63, 3.8) is 0 Å². The Balaban J connectivity index is 2.26. The standard InChI is InChI=1S/C13H16FN3O2/c1-13(2,3)19-12(18)16-10-5-8-7-15-17(4)11(8)6-9(10)14/h5-7H,1-4H3,(H,16,18). The van der Waals surface area contributed by atoms with Crippen LogP contribution in [0.15, 0.2) is 18.3 Å². The summed E-state index contributed by atoms with van der Waals surface area (Å²) in [4.78, 5) is 11.6. The number of carbonyl (C=O) groups excluding carboxylic acids is 1. The maximum atomic E-state index is 13.9. The summed E-state index contributed by atoms with van der Waals surface area (Å²) in [6.07, 6.45) is 0.921. The highest BCUT2D eigenvalue weighted by molar-refractivity contribution is 5.90. The topological polar surface area (TPSA) is 56.2 Å². The first kappa shape index (κ1) is 13.3. The molecule has 5 nitrogen and oxygen atoms in total. The second kappa shape index (κ2) is 4.53. The molecule has 2 rings (SSSR count). The number of rotatable bonds is 1. The monoisotopic (exact) mass is 265 g/mol. The molecule has 0 aliphatic rings. The van der Waals surface area contributed by atoms with Gasteiger partial charge in [0, 0.05) is 18.5 Å². The molecule has 0 bridgehead atoms. The molecule has 1 heterocycles. The number of amides is 1. The van der Waals surface area contributed by atoms with Gasteiger partial charge in [-0.25, -0.2) is 9.18 Å². The van der Waals surface area contributed by atoms with Gasteiger partial charge in [-0.2, -0.15) is 5.10 Å². The van der Waals surface area contributed by atoms with Crippen LogP contribution < -0.4 is 5.32 Å². The summed E-state index contributed by atoms with van der Waals surface area (Å²) in [5.41, 5.74) is 0.112. The summed E-state index contributed by atoms with van der Waals surface area (Å²) in [7, 11) is 1.72. The second-order valence-electron chi connectivity index (χ2n) is 5.29. The third-order valence-corrected chi connectivity index (χ3v) is 2.47. The van der Waals surface area contributed by atoms with Crippen molar-refractivity contribution in [1.82, 2.24) is 9.78 Å². The summed E-state index contributed by atoms with van der Waals surface area (Å²) in [5, 5.41) is 7.16. The molecule has 2 aromatic rings. The Hall–Kier alpha value is -2.11. The smallest absolute Gasteiger partial charge is 0.412 e. The molecule has 1 aromatic carbocycles. The van der Waals surface area contributed by atoms with Gasteiger partial charge >= 0.3 is 6.09 Å². The molecule has 0 unspecified atom stereocenters. The van der Waals surface area contributed by atoms with E-state index >= 15 is 0 Å². The molecule has 0 saturated heterocycles. The van der Waals surface area contributed by atoms with Crippen LogP contribution >= 0.6 is 0 Å². The average molecular weight is 265 g/mol. The largest absolute Gasteiger partial charge is 0.444 e. The number of carbonyl (C=O) groups is 1. The molecule has 0 radical (unpaired) electrons. The summed E-state index contributed by atoms with van der Waals surface area (Å²) in [6.45, 7) is 5.23. The molecule has 0 aliphatic heterocycles. The number of fused-ring (bicyclic) bond motifs is 1. The Morgan fingerprint density at radius 3 is 2.74 bits per heavy atom. The number of nitrogens with zero attached hydrogens (tertiary/aromatic N) is 2. The molecule has 1 amide bonds. The highest BCUT2D eigenvalue weighted by Crippen LogP contribution is 2.23. The minimum absolute atomic E-state index is 0.0785. The van der Waals surface area contributed by atoms with Crippen molar-refractivity contribution in [2.45, 2.75) is 26.4 Å². The SMILES string of the molecule is Cn1ncc2cc(NC(=O)OC(C)(C)C)c(F)cc21. The normalized spacial score (nSPS) is 11.6. The van der Waals surface area contributed by atoms with Crippen LogP contribution in [0.5, 0.6) is 0 Å². The van der Waals surface area contributed by atoms with Crippen molar-refractivity contribution < 1.29 is 13.9 Å². The molecule has 1 N–H and O–H groups in total. The molecule has 1 aromatic heterocycles. The van der Waals surface area contributed by atoms with Crippen molar-refractivity contribution in [1.29, 1.82) is 0 Å². The predicted octanol–water partition coefficient (Wildman–Crippen LogP) is 3.06. The van der Waals surface area contributed by atoms with Gasteiger partial charge in [0.15, 0.2) is 0 Å². The first-order chi connectivity index (χ1) is 8.76. The van der Waals surface area contributed by atoms with E-state index in [0.29, 0.717) is 5.52 Å². The van der Waals surface area contributed by atoms with E-state index in [-0.39, 0.29) is 5.69 Å². The van der Waals surface area contributed by atoms with Crippen LogP contribution in [-0.2, 0) is 11.8 Å². The molecule has 19 heavy (non-hydrogen) atoms. The number of benzene rings is 1. The van der Waals surface area contributed by atoms with E-state index in [9.17, 15) is 9.18 Å². The predicted molar refractivity (Wildman–Crippen MR) is 70.5 cm³/mol. The van der Waals surface area contributed by atoms with Gasteiger partial charge in [0.2, 0.25) is 0 Å². The molecule has 0 aliphatic carbocycles. The van der Waals surface area contributed by atoms with Gasteiger partial charge in [-0.05, 0) is 26.8 Å². The Morgan fingerprint density at radius 1 is 1.42 bits per heavy atom. The number of aryl methyl sites for hydroxylation is 1. The Morgan fingerprint density at radius 2 is 2.11 bits per heavy atom. The van der Waals surface area contributed by atoms with Gasteiger partial charge in [0.1, 0.15) is 11.4 Å². The Bertz CT molecular complexity index is 629. The van der Waals surface area contributed by atoms with Gasteiger partial charge in [-0.3, -0.25) is 10.00 Å². The molecular formula is C13H16FN3O2. The lowest BCUT2D eigenvalue weighted by molar-refractivity contribution is 0.0635. The number of nitrogens with one attached hydrogen (secondary N) is 1. The number of hydrogen-bond acceptors (Lipinski definition) is 3. The molecule has 6 heteroatoms. The summed E-state index contributed by atoms with van der Waals surface area (Å²) >= 11 is 0. The number of ether oxygens (including phenoxy) is 1. The number of aromatic nitrogens is 2. The summed E-state index contributed by atoms with van der Waals surface area (Å²) < 4.78 is 20.5. The molecule has 0 spiro atoms. The van der Waals surface area contributed by atoms with Gasteiger partial charge in [0.25, 0.3) is 0 Å². The fourth-order valence-corrected chi connectivity index (χ4v) is 1.68. The highest BCUT2D eigenvalue weighted by atomic mass is 19.1. The van der Waals surface area contributed by atoms with Crippen LogP contribution in [0.4, 0.5) is 14.9 Å². The van der Waals surface area contributed by atoms with E-state index in [1.165, 1.54) is 12.1 Å². The lowest BCUT2D eigenvalue weighted by Crippen LogP contribution is -2.27. The van der Waals surface area contributed by atoms with Crippen LogP contribution in [0.3, 0.4) is 0 Å². The Kier molecular flexibility index (Phi) is 3.18. The third-order valence-electron chi connectivity index (χ3n) is 2.47. The van der Waals surface area contributed by atoms with Crippen LogP contribution in [0.2, 0.25) is 0 Å². The van der Waals surface area contributed by atoms with Crippen LogP contribution in [0, 0.1) is 5.82 Å². The minimum atomic E-state index is -0.686. The summed E-state index contributed by atoms with van der Waals surface area (Å²) in [5.74, 6) is -0.526. The Labute approximate surface area is 110 Å². The number of hydrogen-bond donors (Lipinski definition) is 1. The van der Waals surface area contributed by atoms with Gasteiger partial charge in [0.05, 0.1) is 17.4 Å². The maximum Gasteiger partial charge on any atom is 0.412 e. The number of halogens is 1. The maximum absolute atomic E-state index is 13.9. The first-order valence-corrected chi connectivity index (χ1v) is 5.87. The quantitative estimate of drug-likeness (QED) is 0.862. The van der Waals surface area contributed by atoms with Crippen molar-refractivity contribution in [2.75, 3.05) is 5.32 Å². The first-order valence-electron chi connectivity index (χ1n) is 5.87. The number of anilines is 1. The molecule has 102 valence electrons. The molecular weight excluding hydrogens is 249 g/mol. The van der Waals surface area contributed by atoms with Crippen LogP contribution in [0.1, 0.15) is 20.8 Å². The van der Waals surface area contributed by atoms with E-state index < -0.39 is 17.5 Å². The molecule has 0 fully saturated rings. The highest BCUT2D eigenvalue weighted by Gasteiger charge is 2.18. The van der Waals surface area contributed by atoms with E-state index in [0.717, 1.165) is 5.39 Å². The molecule has 0 atom stereocenters. The average Bonchev–Trinajstić information content (AvgIpc) is 2.58. The van der Waals surface area contributed by atoms with Crippen molar-refractivity contribution >= 4 is 22.7 Å². The van der Waals surface area contributed by atoms with Crippen molar-refractivity contribution in [2.24, 2.45) is 7.05 Å². The zero-order chi connectivity index (χ0) is 14.2. The van der Waals surface area contributed by atoms with Gasteiger partial charge in [-0.1, -0.05) is 0 Å². The molecule has 0 saturated carbocycles. The van der Waals surface area contributed by atoms with E-state index in [1.54, 1.807) is 38.7 Å². The summed E-state index contributed by atoms with van der Waals surface area (Å²) in [6, 6.07) is 2.86. The van der Waals surface area contributed by atoms with E-state index in [1.807, 2.05) is 0 Å². The second-order valence-corrected chi connectivity index (χ2v) is 5.29. The minimum Gasteiger partial charge on any atom is -0.444 e. The zero-order valence-electron chi connectivity index (χ0n) is 11.3. The van der Waals surface area contributed by atoms with Crippen molar-refractivity contribution in [3.05, 3.63) is 24.1 Å². The third kappa shape index (κ3) is 3.01.